The lowest BCUT2D eigenvalue weighted by Crippen LogP contribution is -2.11. The number of carboxylic acids is 1. The lowest BCUT2D eigenvalue weighted by Gasteiger charge is -2.05. The molecule has 1 rings (SSSR count). The molecule has 0 unspecified atom stereocenters. The third-order valence-electron chi connectivity index (χ3n) is 4.52. The molecule has 0 saturated heterocycles. The average Bonchev–Trinajstić information content (AvgIpc) is 2.68. The highest BCUT2D eigenvalue weighted by Crippen LogP contribution is 2.12. The molecule has 1 aromatic rings. The Bertz CT molecular complexity index is 617. The van der Waals surface area contributed by atoms with Gasteiger partial charge in [0.2, 0.25) is 5.91 Å². The van der Waals surface area contributed by atoms with E-state index in [1.807, 2.05) is 0 Å². The molecule has 0 spiro atoms. The van der Waals surface area contributed by atoms with Crippen LogP contribution in [0.1, 0.15) is 87.9 Å². The van der Waals surface area contributed by atoms with Crippen LogP contribution in [0.2, 0.25) is 0 Å². The highest BCUT2D eigenvalue weighted by molar-refractivity contribution is 5.92. The maximum absolute atomic E-state index is 11.9. The van der Waals surface area contributed by atoms with Gasteiger partial charge in [-0.2, -0.15) is 0 Å². The van der Waals surface area contributed by atoms with E-state index in [0.29, 0.717) is 12.1 Å². The smallest absolute Gasteiger partial charge is 0.335 e. The van der Waals surface area contributed by atoms with Crippen molar-refractivity contribution in [3.8, 4) is 0 Å². The van der Waals surface area contributed by atoms with Crippen molar-refractivity contribution in [2.75, 3.05) is 5.32 Å². The van der Waals surface area contributed by atoms with Gasteiger partial charge in [0.05, 0.1) is 5.56 Å². The second-order valence-corrected chi connectivity index (χ2v) is 7.06. The molecule has 0 aliphatic carbocycles. The van der Waals surface area contributed by atoms with E-state index in [4.69, 9.17) is 5.11 Å². The number of benzene rings is 1. The van der Waals surface area contributed by atoms with Crippen molar-refractivity contribution >= 4 is 17.6 Å². The number of aromatic carboxylic acids is 1. The first kappa shape index (κ1) is 23.7. The topological polar surface area (TPSA) is 66.4 Å². The molecule has 28 heavy (non-hydrogen) atoms. The highest BCUT2D eigenvalue weighted by Gasteiger charge is 2.04. The van der Waals surface area contributed by atoms with Gasteiger partial charge in [-0.3, -0.25) is 4.79 Å². The Morgan fingerprint density at radius 3 is 2.11 bits per heavy atom. The van der Waals surface area contributed by atoms with Crippen LogP contribution < -0.4 is 5.32 Å². The first-order chi connectivity index (χ1) is 13.6. The lowest BCUT2D eigenvalue weighted by atomic mass is 10.1. The Hall–Kier alpha value is -2.36. The number of carbonyl (C=O) groups excluding carboxylic acids is 1. The number of allylic oxidation sites excluding steroid dienone is 4. The number of anilines is 1. The van der Waals surface area contributed by atoms with Gasteiger partial charge in [-0.1, -0.05) is 63.3 Å². The van der Waals surface area contributed by atoms with E-state index in [-0.39, 0.29) is 11.5 Å². The van der Waals surface area contributed by atoms with Crippen LogP contribution in [0.4, 0.5) is 5.69 Å². The molecule has 0 bridgehead atoms. The minimum Gasteiger partial charge on any atom is -0.478 e. The van der Waals surface area contributed by atoms with Gasteiger partial charge in [0.1, 0.15) is 0 Å². The van der Waals surface area contributed by atoms with Gasteiger partial charge in [0, 0.05) is 12.1 Å². The zero-order valence-electron chi connectivity index (χ0n) is 17.2. The zero-order valence-corrected chi connectivity index (χ0v) is 17.2. The highest BCUT2D eigenvalue weighted by atomic mass is 16.4. The molecule has 0 aliphatic rings. The van der Waals surface area contributed by atoms with E-state index < -0.39 is 5.97 Å². The molecule has 0 radical (unpaired) electrons. The van der Waals surface area contributed by atoms with Crippen LogP contribution >= 0.6 is 0 Å². The molecule has 0 atom stereocenters. The van der Waals surface area contributed by atoms with Gasteiger partial charge >= 0.3 is 5.97 Å². The normalized spacial score (nSPS) is 11.3. The molecule has 0 fully saturated rings. The van der Waals surface area contributed by atoms with Gasteiger partial charge in [-0.25, -0.2) is 4.79 Å². The summed E-state index contributed by atoms with van der Waals surface area (Å²) in [7, 11) is 0. The van der Waals surface area contributed by atoms with E-state index in [9.17, 15) is 9.59 Å². The van der Waals surface area contributed by atoms with E-state index in [1.54, 1.807) is 12.1 Å². The zero-order chi connectivity index (χ0) is 20.5. The second-order valence-electron chi connectivity index (χ2n) is 7.06. The predicted octanol–water partition coefficient (Wildman–Crippen LogP) is 6.75. The van der Waals surface area contributed by atoms with E-state index in [0.717, 1.165) is 32.1 Å². The summed E-state index contributed by atoms with van der Waals surface area (Å²) in [6, 6.07) is 6.23. The largest absolute Gasteiger partial charge is 0.478 e. The van der Waals surface area contributed by atoms with Crippen LogP contribution in [0, 0.1) is 0 Å². The number of carbonyl (C=O) groups is 2. The van der Waals surface area contributed by atoms with Crippen molar-refractivity contribution in [1.82, 2.24) is 0 Å². The van der Waals surface area contributed by atoms with E-state index in [2.05, 4.69) is 36.5 Å². The van der Waals surface area contributed by atoms with Crippen LogP contribution in [0.5, 0.6) is 0 Å². The van der Waals surface area contributed by atoms with Gasteiger partial charge in [-0.15, -0.1) is 0 Å². The number of hydrogen-bond donors (Lipinski definition) is 2. The van der Waals surface area contributed by atoms with Crippen molar-refractivity contribution in [1.29, 1.82) is 0 Å². The maximum atomic E-state index is 11.9. The van der Waals surface area contributed by atoms with E-state index >= 15 is 0 Å². The standard InChI is InChI=1S/C24H35NO3/c1-2-3-4-5-6-7-8-9-10-11-12-13-14-15-16-23(26)25-22-19-17-21(18-20-22)24(27)28/h5-6,8-9,17-20H,2-4,7,10-16H2,1H3,(H,25,26)(H,27,28)/b6-5-,9-8-. The summed E-state index contributed by atoms with van der Waals surface area (Å²) >= 11 is 0. The van der Waals surface area contributed by atoms with Crippen molar-refractivity contribution in [2.45, 2.75) is 77.6 Å². The molecule has 154 valence electrons. The minimum absolute atomic E-state index is 0.0157. The quantitative estimate of drug-likeness (QED) is 0.259. The lowest BCUT2D eigenvalue weighted by molar-refractivity contribution is -0.116. The van der Waals surface area contributed by atoms with E-state index in [1.165, 1.54) is 44.2 Å². The fraction of sp³-hybridized carbons (Fsp3) is 0.500. The second kappa shape index (κ2) is 15.7. The summed E-state index contributed by atoms with van der Waals surface area (Å²) in [6.45, 7) is 2.22. The fourth-order valence-corrected chi connectivity index (χ4v) is 2.83. The summed E-state index contributed by atoms with van der Waals surface area (Å²) in [4.78, 5) is 22.7. The molecule has 1 aromatic carbocycles. The van der Waals surface area contributed by atoms with Gasteiger partial charge in [0.15, 0.2) is 0 Å². The Labute approximate surface area is 169 Å². The Balaban J connectivity index is 1.98. The maximum Gasteiger partial charge on any atom is 0.335 e. The minimum atomic E-state index is -0.965. The Morgan fingerprint density at radius 1 is 0.857 bits per heavy atom. The predicted molar refractivity (Wildman–Crippen MR) is 117 cm³/mol. The molecule has 0 saturated carbocycles. The first-order valence-corrected chi connectivity index (χ1v) is 10.6. The molecule has 0 aliphatic heterocycles. The van der Waals surface area contributed by atoms with Crippen molar-refractivity contribution in [2.24, 2.45) is 0 Å². The SMILES string of the molecule is CCCC/C=C\C/C=C\CCCCCCCC(=O)Nc1ccc(C(=O)O)cc1. The molecule has 2 N–H and O–H groups in total. The number of nitrogens with one attached hydrogen (secondary N) is 1. The van der Waals surface area contributed by atoms with Crippen LogP contribution in [-0.2, 0) is 4.79 Å². The number of hydrogen-bond acceptors (Lipinski definition) is 2. The van der Waals surface area contributed by atoms with Crippen LogP contribution in [0.25, 0.3) is 0 Å². The van der Waals surface area contributed by atoms with Gasteiger partial charge in [0.25, 0.3) is 0 Å². The number of rotatable bonds is 15. The molecule has 0 aromatic heterocycles. The van der Waals surface area contributed by atoms with Crippen molar-refractivity contribution in [3.05, 3.63) is 54.1 Å². The monoisotopic (exact) mass is 385 g/mol. The summed E-state index contributed by atoms with van der Waals surface area (Å²) in [5.74, 6) is -0.981. The molecule has 0 heterocycles. The average molecular weight is 386 g/mol. The molecular formula is C24H35NO3. The van der Waals surface area contributed by atoms with Gasteiger partial charge < -0.3 is 10.4 Å². The molecule has 1 amide bonds. The first-order valence-electron chi connectivity index (χ1n) is 10.6. The summed E-state index contributed by atoms with van der Waals surface area (Å²) in [6.07, 6.45) is 21.0. The number of amides is 1. The van der Waals surface area contributed by atoms with Crippen LogP contribution in [-0.4, -0.2) is 17.0 Å². The Kier molecular flexibility index (Phi) is 13.3. The number of unbranched alkanes of at least 4 members (excludes halogenated alkanes) is 7. The molecular weight excluding hydrogens is 350 g/mol. The molecule has 4 heteroatoms. The van der Waals surface area contributed by atoms with Crippen LogP contribution in [0.15, 0.2) is 48.6 Å². The Morgan fingerprint density at radius 2 is 1.46 bits per heavy atom. The van der Waals surface area contributed by atoms with Gasteiger partial charge in [-0.05, 0) is 56.4 Å². The molecule has 4 nitrogen and oxygen atoms in total. The summed E-state index contributed by atoms with van der Waals surface area (Å²) in [5.41, 5.74) is 0.860. The van der Waals surface area contributed by atoms with Crippen molar-refractivity contribution in [3.63, 3.8) is 0 Å². The fourth-order valence-electron chi connectivity index (χ4n) is 2.83. The summed E-state index contributed by atoms with van der Waals surface area (Å²) in [5, 5.41) is 11.7. The third-order valence-corrected chi connectivity index (χ3v) is 4.52. The van der Waals surface area contributed by atoms with Crippen LogP contribution in [0.3, 0.4) is 0 Å². The summed E-state index contributed by atoms with van der Waals surface area (Å²) < 4.78 is 0. The third kappa shape index (κ3) is 12.1. The van der Waals surface area contributed by atoms with Crippen molar-refractivity contribution < 1.29 is 14.7 Å². The number of carboxylic acid groups (broad SMARTS) is 1.